The molecule has 0 spiro atoms. The average Bonchev–Trinajstić information content (AvgIpc) is 2.45. The van der Waals surface area contributed by atoms with Crippen LogP contribution in [-0.2, 0) is 0 Å². The number of benzene rings is 2. The van der Waals surface area contributed by atoms with Gasteiger partial charge in [-0.3, -0.25) is 0 Å². The lowest BCUT2D eigenvalue weighted by Gasteiger charge is -2.09. The zero-order valence-electron chi connectivity index (χ0n) is 11.3. The average molecular weight is 271 g/mol. The third kappa shape index (κ3) is 4.31. The molecule has 0 radical (unpaired) electrons. The molecule has 0 bridgehead atoms. The maximum Gasteiger partial charge on any atom is 0.122 e. The third-order valence-electron chi connectivity index (χ3n) is 2.68. The van der Waals surface area contributed by atoms with Gasteiger partial charge in [-0.1, -0.05) is 29.4 Å². The number of oxime groups is 1. The summed E-state index contributed by atoms with van der Waals surface area (Å²) < 4.78 is 11.2. The van der Waals surface area contributed by atoms with Crippen LogP contribution < -0.4 is 9.47 Å². The van der Waals surface area contributed by atoms with Crippen LogP contribution in [0.2, 0.25) is 0 Å². The minimum absolute atomic E-state index is 0.452. The van der Waals surface area contributed by atoms with Gasteiger partial charge in [0.25, 0.3) is 0 Å². The minimum atomic E-state index is 0.452. The highest BCUT2D eigenvalue weighted by Crippen LogP contribution is 2.14. The Labute approximate surface area is 118 Å². The summed E-state index contributed by atoms with van der Waals surface area (Å²) in [6, 6.07) is 15.2. The molecule has 0 aromatic heterocycles. The quantitative estimate of drug-likeness (QED) is 0.380. The molecular formula is C16H17NO3. The first kappa shape index (κ1) is 13.9. The van der Waals surface area contributed by atoms with Crippen molar-refractivity contribution in [1.29, 1.82) is 0 Å². The highest BCUT2D eigenvalue weighted by molar-refractivity contribution is 5.79. The number of nitrogens with zero attached hydrogens (tertiary/aromatic N) is 1. The van der Waals surface area contributed by atoms with Gasteiger partial charge in [-0.05, 0) is 42.3 Å². The van der Waals surface area contributed by atoms with Crippen LogP contribution in [0.4, 0.5) is 0 Å². The summed E-state index contributed by atoms with van der Waals surface area (Å²) in [6.07, 6.45) is 1.36. The Hall–Kier alpha value is -2.49. The lowest BCUT2D eigenvalue weighted by Crippen LogP contribution is -2.09. The normalized spacial score (nSPS) is 10.7. The van der Waals surface area contributed by atoms with Crippen LogP contribution in [0.5, 0.6) is 11.5 Å². The lowest BCUT2D eigenvalue weighted by atomic mass is 10.2. The van der Waals surface area contributed by atoms with E-state index in [4.69, 9.17) is 14.7 Å². The fraction of sp³-hybridized carbons (Fsp3) is 0.188. The first-order valence-corrected chi connectivity index (χ1v) is 6.38. The molecule has 0 fully saturated rings. The predicted molar refractivity (Wildman–Crippen MR) is 78.0 cm³/mol. The highest BCUT2D eigenvalue weighted by atomic mass is 16.5. The van der Waals surface area contributed by atoms with Gasteiger partial charge >= 0.3 is 0 Å². The van der Waals surface area contributed by atoms with Gasteiger partial charge in [-0.25, -0.2) is 0 Å². The molecular weight excluding hydrogens is 254 g/mol. The van der Waals surface area contributed by atoms with Crippen LogP contribution in [0.1, 0.15) is 11.1 Å². The smallest absolute Gasteiger partial charge is 0.122 e. The predicted octanol–water partition coefficient (Wildman–Crippen LogP) is 3.26. The third-order valence-corrected chi connectivity index (χ3v) is 2.68. The number of hydrogen-bond acceptors (Lipinski definition) is 4. The van der Waals surface area contributed by atoms with E-state index in [1.165, 1.54) is 11.8 Å². The van der Waals surface area contributed by atoms with Crippen molar-refractivity contribution in [2.75, 3.05) is 13.2 Å². The summed E-state index contributed by atoms with van der Waals surface area (Å²) in [4.78, 5) is 0. The number of aryl methyl sites for hydroxylation is 1. The summed E-state index contributed by atoms with van der Waals surface area (Å²) in [6.45, 7) is 2.95. The van der Waals surface area contributed by atoms with Crippen LogP contribution in [0.25, 0.3) is 0 Å². The Morgan fingerprint density at radius 1 is 1.00 bits per heavy atom. The van der Waals surface area contributed by atoms with Gasteiger partial charge in [-0.15, -0.1) is 0 Å². The van der Waals surface area contributed by atoms with Crippen molar-refractivity contribution in [2.45, 2.75) is 6.92 Å². The Kier molecular flexibility index (Phi) is 5.00. The van der Waals surface area contributed by atoms with Crippen LogP contribution >= 0.6 is 0 Å². The molecule has 0 aliphatic carbocycles. The molecule has 0 atom stereocenters. The molecule has 0 heterocycles. The van der Waals surface area contributed by atoms with E-state index in [0.29, 0.717) is 13.2 Å². The molecule has 0 amide bonds. The topological polar surface area (TPSA) is 51.0 Å². The molecule has 20 heavy (non-hydrogen) atoms. The van der Waals surface area contributed by atoms with E-state index >= 15 is 0 Å². The molecule has 4 heteroatoms. The Morgan fingerprint density at radius 3 is 2.30 bits per heavy atom. The Morgan fingerprint density at radius 2 is 1.65 bits per heavy atom. The van der Waals surface area contributed by atoms with E-state index in [9.17, 15) is 0 Å². The van der Waals surface area contributed by atoms with E-state index in [0.717, 1.165) is 17.1 Å². The molecule has 0 aliphatic rings. The minimum Gasteiger partial charge on any atom is -0.490 e. The summed E-state index contributed by atoms with van der Waals surface area (Å²) in [5, 5.41) is 11.5. The van der Waals surface area contributed by atoms with Crippen LogP contribution in [-0.4, -0.2) is 24.6 Å². The molecule has 0 saturated carbocycles. The fourth-order valence-corrected chi connectivity index (χ4v) is 1.78. The highest BCUT2D eigenvalue weighted by Gasteiger charge is 1.97. The lowest BCUT2D eigenvalue weighted by molar-refractivity contribution is 0.217. The zero-order chi connectivity index (χ0) is 14.2. The summed E-state index contributed by atoms with van der Waals surface area (Å²) in [5.41, 5.74) is 1.95. The van der Waals surface area contributed by atoms with Crippen molar-refractivity contribution < 1.29 is 14.7 Å². The van der Waals surface area contributed by atoms with Gasteiger partial charge in [0.1, 0.15) is 24.7 Å². The van der Waals surface area contributed by atoms with Crippen molar-refractivity contribution in [1.82, 2.24) is 0 Å². The zero-order valence-corrected chi connectivity index (χ0v) is 11.3. The SMILES string of the molecule is Cc1cccc(OCCOc2cccc(/C=N/O)c2)c1. The van der Waals surface area contributed by atoms with Crippen molar-refractivity contribution in [3.8, 4) is 11.5 Å². The molecule has 2 aromatic rings. The molecule has 0 unspecified atom stereocenters. The second-order valence-corrected chi connectivity index (χ2v) is 4.33. The van der Waals surface area contributed by atoms with Gasteiger partial charge in [0.05, 0.1) is 6.21 Å². The monoisotopic (exact) mass is 271 g/mol. The van der Waals surface area contributed by atoms with Gasteiger partial charge in [-0.2, -0.15) is 0 Å². The van der Waals surface area contributed by atoms with E-state index < -0.39 is 0 Å². The standard InChI is InChI=1S/C16H17NO3/c1-13-4-2-6-15(10-13)19-8-9-20-16-7-3-5-14(11-16)12-17-18/h2-7,10-12,18H,8-9H2,1H3/b17-12+. The molecule has 0 aliphatic heterocycles. The molecule has 4 nitrogen and oxygen atoms in total. The van der Waals surface area contributed by atoms with E-state index in [1.807, 2.05) is 49.4 Å². The Balaban J connectivity index is 1.80. The van der Waals surface area contributed by atoms with E-state index in [2.05, 4.69) is 5.16 Å². The van der Waals surface area contributed by atoms with Crippen molar-refractivity contribution in [3.63, 3.8) is 0 Å². The second-order valence-electron chi connectivity index (χ2n) is 4.33. The van der Waals surface area contributed by atoms with Gasteiger partial charge in [0.2, 0.25) is 0 Å². The van der Waals surface area contributed by atoms with Crippen LogP contribution in [0.15, 0.2) is 53.7 Å². The molecule has 104 valence electrons. The number of ether oxygens (including phenoxy) is 2. The summed E-state index contributed by atoms with van der Waals surface area (Å²) >= 11 is 0. The molecule has 2 aromatic carbocycles. The maximum absolute atomic E-state index is 8.48. The maximum atomic E-state index is 8.48. The summed E-state index contributed by atoms with van der Waals surface area (Å²) in [7, 11) is 0. The van der Waals surface area contributed by atoms with Crippen LogP contribution in [0.3, 0.4) is 0 Å². The van der Waals surface area contributed by atoms with Gasteiger partial charge in [0, 0.05) is 0 Å². The molecule has 1 N–H and O–H groups in total. The first-order valence-electron chi connectivity index (χ1n) is 6.38. The number of hydrogen-bond donors (Lipinski definition) is 1. The molecule has 2 rings (SSSR count). The molecule has 0 saturated heterocycles. The van der Waals surface area contributed by atoms with Crippen molar-refractivity contribution in [2.24, 2.45) is 5.16 Å². The van der Waals surface area contributed by atoms with Gasteiger partial charge < -0.3 is 14.7 Å². The first-order chi connectivity index (χ1) is 9.78. The van der Waals surface area contributed by atoms with Crippen LogP contribution in [0, 0.1) is 6.92 Å². The van der Waals surface area contributed by atoms with Crippen molar-refractivity contribution in [3.05, 3.63) is 59.7 Å². The van der Waals surface area contributed by atoms with E-state index in [-0.39, 0.29) is 0 Å². The van der Waals surface area contributed by atoms with Gasteiger partial charge in [0.15, 0.2) is 0 Å². The fourth-order valence-electron chi connectivity index (χ4n) is 1.78. The largest absolute Gasteiger partial charge is 0.490 e. The second kappa shape index (κ2) is 7.19. The van der Waals surface area contributed by atoms with Crippen molar-refractivity contribution >= 4 is 6.21 Å². The number of rotatable bonds is 6. The van der Waals surface area contributed by atoms with E-state index in [1.54, 1.807) is 6.07 Å². The Bertz CT molecular complexity index is 581. The summed E-state index contributed by atoms with van der Waals surface area (Å²) in [5.74, 6) is 1.56.